The van der Waals surface area contributed by atoms with E-state index in [2.05, 4.69) is 19.8 Å². The Morgan fingerprint density at radius 1 is 1.23 bits per heavy atom. The van der Waals surface area contributed by atoms with Gasteiger partial charge >= 0.3 is 6.18 Å². The number of nitrogen functional groups attached to an aromatic ring is 1. The molecule has 0 spiro atoms. The minimum absolute atomic E-state index is 0.0172. The van der Waals surface area contributed by atoms with Gasteiger partial charge in [0.15, 0.2) is 0 Å². The third-order valence-corrected chi connectivity index (χ3v) is 6.27. The van der Waals surface area contributed by atoms with Crippen molar-refractivity contribution in [3.05, 3.63) is 65.0 Å². The molecule has 4 heterocycles. The molecule has 6 rings (SSSR count). The van der Waals surface area contributed by atoms with E-state index in [0.29, 0.717) is 22.1 Å². The number of amides is 1. The van der Waals surface area contributed by atoms with E-state index in [1.165, 1.54) is 12.1 Å². The van der Waals surface area contributed by atoms with Gasteiger partial charge in [-0.15, -0.1) is 0 Å². The number of alkyl halides is 3. The maximum atomic E-state index is 13.9. The maximum absolute atomic E-state index is 13.9. The average molecular weight is 479 g/mol. The van der Waals surface area contributed by atoms with Crippen LogP contribution in [0.2, 0.25) is 0 Å². The van der Waals surface area contributed by atoms with Crippen molar-refractivity contribution < 1.29 is 22.7 Å². The fourth-order valence-corrected chi connectivity index (χ4v) is 4.49. The average Bonchev–Trinajstić information content (AvgIpc) is 3.37. The van der Waals surface area contributed by atoms with Gasteiger partial charge in [0.25, 0.3) is 0 Å². The third kappa shape index (κ3) is 3.30. The molecular weight excluding hydrogens is 463 g/mol. The molecule has 3 aromatic heterocycles. The monoisotopic (exact) mass is 479 g/mol. The minimum atomic E-state index is -4.60. The van der Waals surface area contributed by atoms with Crippen molar-refractivity contribution in [2.45, 2.75) is 31.1 Å². The summed E-state index contributed by atoms with van der Waals surface area (Å²) in [5, 5.41) is 0. The summed E-state index contributed by atoms with van der Waals surface area (Å²) in [4.78, 5) is 31.1. The molecule has 4 aromatic rings. The zero-order valence-electron chi connectivity index (χ0n) is 18.0. The number of hydrogen-bond acceptors (Lipinski definition) is 6. The Morgan fingerprint density at radius 2 is 2.03 bits per heavy atom. The van der Waals surface area contributed by atoms with E-state index in [0.717, 1.165) is 18.9 Å². The van der Waals surface area contributed by atoms with Crippen molar-refractivity contribution in [3.63, 3.8) is 0 Å². The topological polar surface area (TPSA) is 103 Å². The van der Waals surface area contributed by atoms with Crippen LogP contribution in [0.25, 0.3) is 21.4 Å². The van der Waals surface area contributed by atoms with Gasteiger partial charge in [-0.3, -0.25) is 9.20 Å². The Kier molecular flexibility index (Phi) is 4.41. The quantitative estimate of drug-likeness (QED) is 0.443. The summed E-state index contributed by atoms with van der Waals surface area (Å²) in [5.41, 5.74) is 7.18. The Morgan fingerprint density at radius 3 is 2.74 bits per heavy atom. The molecule has 1 aliphatic heterocycles. The zero-order valence-corrected chi connectivity index (χ0v) is 18.0. The first kappa shape index (κ1) is 21.2. The predicted octanol–water partition coefficient (Wildman–Crippen LogP) is 4.17. The Hall–Kier alpha value is -4.40. The molecule has 0 bridgehead atoms. The first-order valence-electron chi connectivity index (χ1n) is 10.7. The highest BCUT2D eigenvalue weighted by Gasteiger charge is 2.44. The highest BCUT2D eigenvalue weighted by atomic mass is 19.4. The van der Waals surface area contributed by atoms with Crippen LogP contribution in [-0.4, -0.2) is 42.8 Å². The minimum Gasteiger partial charge on any atom is -0.475 e. The molecule has 35 heavy (non-hydrogen) atoms. The van der Waals surface area contributed by atoms with Gasteiger partial charge in [0.1, 0.15) is 23.6 Å². The highest BCUT2D eigenvalue weighted by Crippen LogP contribution is 2.44. The summed E-state index contributed by atoms with van der Waals surface area (Å²) in [7, 11) is 0. The van der Waals surface area contributed by atoms with Crippen molar-refractivity contribution >= 4 is 34.0 Å². The van der Waals surface area contributed by atoms with E-state index >= 15 is 0 Å². The van der Waals surface area contributed by atoms with Crippen molar-refractivity contribution in [1.29, 1.82) is 0 Å². The molecule has 2 aliphatic rings. The summed E-state index contributed by atoms with van der Waals surface area (Å²) >= 11 is 0. The van der Waals surface area contributed by atoms with E-state index < -0.39 is 23.8 Å². The van der Waals surface area contributed by atoms with Crippen LogP contribution in [0, 0.1) is 6.57 Å². The van der Waals surface area contributed by atoms with Crippen molar-refractivity contribution in [3.8, 4) is 5.88 Å². The van der Waals surface area contributed by atoms with Gasteiger partial charge in [0.2, 0.25) is 17.5 Å². The number of rotatable bonds is 3. The molecule has 1 amide bonds. The molecule has 0 radical (unpaired) electrons. The maximum Gasteiger partial charge on any atom is 0.433 e. The number of carbonyl (C=O) groups excluding carboxylic acids is 1. The second-order valence-corrected chi connectivity index (χ2v) is 8.47. The van der Waals surface area contributed by atoms with Gasteiger partial charge < -0.3 is 15.4 Å². The zero-order chi connectivity index (χ0) is 24.5. The summed E-state index contributed by atoms with van der Waals surface area (Å²) in [5.74, 6) is -0.297. The molecule has 2 N–H and O–H groups in total. The summed E-state index contributed by atoms with van der Waals surface area (Å²) in [6, 6.07) is 4.56. The number of benzene rings is 1. The van der Waals surface area contributed by atoms with E-state index in [1.807, 2.05) is 0 Å². The van der Waals surface area contributed by atoms with Crippen LogP contribution in [0.1, 0.15) is 40.5 Å². The lowest BCUT2D eigenvalue weighted by atomic mass is 10.0. The fourth-order valence-electron chi connectivity index (χ4n) is 4.49. The molecule has 1 aliphatic carbocycles. The lowest BCUT2D eigenvalue weighted by molar-refractivity contribution is -0.141. The summed E-state index contributed by atoms with van der Waals surface area (Å²) < 4.78 is 46.5. The molecule has 0 saturated heterocycles. The van der Waals surface area contributed by atoms with Crippen LogP contribution in [0.5, 0.6) is 5.88 Å². The standard InChI is InChI=1S/C23H16F3N7O2/c1-28-14-7-15-16(32-10-29-8-17(32)20(27)30-15)6-13(14)22(34)33(11-2-3-11)18-9-35-21-12(18)4-5-19(31-21)23(24,25)26/h4-8,10-11,18H,2-3,9H2,(H2,27,30). The van der Waals surface area contributed by atoms with Crippen LogP contribution in [0.3, 0.4) is 0 Å². The smallest absolute Gasteiger partial charge is 0.433 e. The number of halogens is 3. The van der Waals surface area contributed by atoms with Gasteiger partial charge in [-0.25, -0.2) is 19.8 Å². The first-order chi connectivity index (χ1) is 16.8. The van der Waals surface area contributed by atoms with Gasteiger partial charge in [-0.1, -0.05) is 0 Å². The second kappa shape index (κ2) is 7.30. The predicted molar refractivity (Wildman–Crippen MR) is 118 cm³/mol. The Balaban J connectivity index is 1.45. The number of anilines is 1. The van der Waals surface area contributed by atoms with E-state index in [1.54, 1.807) is 27.9 Å². The second-order valence-electron chi connectivity index (χ2n) is 8.47. The van der Waals surface area contributed by atoms with Crippen molar-refractivity contribution in [2.24, 2.45) is 0 Å². The fraction of sp³-hybridized carbons (Fsp3) is 0.261. The van der Waals surface area contributed by atoms with E-state index in [4.69, 9.17) is 17.0 Å². The van der Waals surface area contributed by atoms with Crippen molar-refractivity contribution in [2.75, 3.05) is 12.3 Å². The van der Waals surface area contributed by atoms with Crippen LogP contribution in [-0.2, 0) is 6.18 Å². The highest BCUT2D eigenvalue weighted by molar-refractivity contribution is 6.04. The van der Waals surface area contributed by atoms with E-state index in [9.17, 15) is 18.0 Å². The van der Waals surface area contributed by atoms with Crippen LogP contribution in [0.15, 0.2) is 36.8 Å². The van der Waals surface area contributed by atoms with Gasteiger partial charge in [-0.05, 0) is 37.1 Å². The molecule has 9 nitrogen and oxygen atoms in total. The summed E-state index contributed by atoms with van der Waals surface area (Å²) in [6.45, 7) is 7.63. The van der Waals surface area contributed by atoms with Crippen LogP contribution < -0.4 is 10.5 Å². The largest absolute Gasteiger partial charge is 0.475 e. The SMILES string of the molecule is [C-]#[N+]c1cc2nc(N)c3cncn3c2cc1C(=O)N(C1CC1)C1COc2nc(C(F)(F)F)ccc21. The summed E-state index contributed by atoms with van der Waals surface area (Å²) in [6.07, 6.45) is -0.0102. The molecule has 1 fully saturated rings. The number of pyridine rings is 1. The van der Waals surface area contributed by atoms with Gasteiger partial charge in [0.05, 0.1) is 36.2 Å². The molecule has 1 atom stereocenters. The van der Waals surface area contributed by atoms with E-state index in [-0.39, 0.29) is 35.6 Å². The van der Waals surface area contributed by atoms with Crippen molar-refractivity contribution in [1.82, 2.24) is 24.3 Å². The number of hydrogen-bond donors (Lipinski definition) is 1. The number of ether oxygens (including phenoxy) is 1. The Bertz CT molecular complexity index is 1570. The molecule has 12 heteroatoms. The molecule has 1 unspecified atom stereocenters. The molecular formula is C23H16F3N7O2. The molecule has 1 aromatic carbocycles. The van der Waals surface area contributed by atoms with Crippen LogP contribution in [0.4, 0.5) is 24.7 Å². The van der Waals surface area contributed by atoms with Crippen LogP contribution >= 0.6 is 0 Å². The number of imidazole rings is 1. The lowest BCUT2D eigenvalue weighted by Crippen LogP contribution is -2.37. The number of nitrogens with zero attached hydrogens (tertiary/aromatic N) is 6. The first-order valence-corrected chi connectivity index (χ1v) is 10.7. The molecule has 1 saturated carbocycles. The molecule has 176 valence electrons. The lowest BCUT2D eigenvalue weighted by Gasteiger charge is -2.29. The number of aromatic nitrogens is 4. The number of nitrogens with two attached hydrogens (primary N) is 1. The number of fused-ring (bicyclic) bond motifs is 4. The van der Waals surface area contributed by atoms with Gasteiger partial charge in [0, 0.05) is 17.2 Å². The Labute approximate surface area is 195 Å². The normalized spacial score (nSPS) is 17.3. The third-order valence-electron chi connectivity index (χ3n) is 6.27. The van der Waals surface area contributed by atoms with Gasteiger partial charge in [-0.2, -0.15) is 13.2 Å². The number of carbonyl (C=O) groups is 1.